The van der Waals surface area contributed by atoms with Crippen molar-refractivity contribution in [2.45, 2.75) is 0 Å². The molecule has 0 saturated heterocycles. The SMILES string of the molecule is c1ccc(-n2c3ccccc3c3ccc4c(c5ccccc5n4-c4cccc(-c5cccc(-n6c7ccccc7c7ccccc76)c5)c4)c32)cc1. The zero-order valence-electron chi connectivity index (χ0n) is 27.7. The topological polar surface area (TPSA) is 14.8 Å². The summed E-state index contributed by atoms with van der Waals surface area (Å²) in [5.41, 5.74) is 13.1. The van der Waals surface area contributed by atoms with E-state index in [1.165, 1.54) is 76.5 Å². The summed E-state index contributed by atoms with van der Waals surface area (Å²) in [5.74, 6) is 0. The zero-order chi connectivity index (χ0) is 33.5. The van der Waals surface area contributed by atoms with Gasteiger partial charge in [-0.3, -0.25) is 0 Å². The fourth-order valence-electron chi connectivity index (χ4n) is 8.48. The largest absolute Gasteiger partial charge is 0.309 e. The molecule has 51 heavy (non-hydrogen) atoms. The Morgan fingerprint density at radius 2 is 0.686 bits per heavy atom. The molecule has 238 valence electrons. The highest BCUT2D eigenvalue weighted by Gasteiger charge is 2.21. The molecule has 0 N–H and O–H groups in total. The molecule has 3 nitrogen and oxygen atoms in total. The Morgan fingerprint density at radius 3 is 1.27 bits per heavy atom. The lowest BCUT2D eigenvalue weighted by atomic mass is 10.0. The third-order valence-corrected chi connectivity index (χ3v) is 10.6. The first kappa shape index (κ1) is 28.0. The average molecular weight is 650 g/mol. The van der Waals surface area contributed by atoms with Crippen LogP contribution in [0.15, 0.2) is 188 Å². The summed E-state index contributed by atoms with van der Waals surface area (Å²) in [5, 5.41) is 7.58. The lowest BCUT2D eigenvalue weighted by molar-refractivity contribution is 1.17. The van der Waals surface area contributed by atoms with Crippen molar-refractivity contribution < 1.29 is 0 Å². The number of hydrogen-bond donors (Lipinski definition) is 0. The van der Waals surface area contributed by atoms with E-state index in [2.05, 4.69) is 202 Å². The van der Waals surface area contributed by atoms with Gasteiger partial charge in [-0.15, -0.1) is 0 Å². The Kier molecular flexibility index (Phi) is 5.96. The van der Waals surface area contributed by atoms with E-state index in [0.717, 1.165) is 17.1 Å². The van der Waals surface area contributed by atoms with Crippen LogP contribution in [0.4, 0.5) is 0 Å². The van der Waals surface area contributed by atoms with E-state index in [-0.39, 0.29) is 0 Å². The molecule has 11 aromatic rings. The van der Waals surface area contributed by atoms with E-state index in [9.17, 15) is 0 Å². The highest BCUT2D eigenvalue weighted by Crippen LogP contribution is 2.42. The molecule has 0 unspecified atom stereocenters. The van der Waals surface area contributed by atoms with Crippen molar-refractivity contribution in [2.75, 3.05) is 0 Å². The third-order valence-electron chi connectivity index (χ3n) is 10.6. The van der Waals surface area contributed by atoms with Crippen molar-refractivity contribution in [3.63, 3.8) is 0 Å². The minimum absolute atomic E-state index is 1.14. The second-order valence-corrected chi connectivity index (χ2v) is 13.4. The summed E-state index contributed by atoms with van der Waals surface area (Å²) in [6.07, 6.45) is 0. The van der Waals surface area contributed by atoms with Gasteiger partial charge in [0.15, 0.2) is 0 Å². The van der Waals surface area contributed by atoms with E-state index < -0.39 is 0 Å². The summed E-state index contributed by atoms with van der Waals surface area (Å²) in [4.78, 5) is 0. The van der Waals surface area contributed by atoms with Crippen molar-refractivity contribution in [3.8, 4) is 28.2 Å². The van der Waals surface area contributed by atoms with E-state index >= 15 is 0 Å². The van der Waals surface area contributed by atoms with Crippen LogP contribution in [-0.2, 0) is 0 Å². The maximum Gasteiger partial charge on any atom is 0.0641 e. The molecule has 0 bridgehead atoms. The van der Waals surface area contributed by atoms with Crippen molar-refractivity contribution in [1.82, 2.24) is 13.7 Å². The fourth-order valence-corrected chi connectivity index (χ4v) is 8.48. The number of hydrogen-bond acceptors (Lipinski definition) is 0. The third kappa shape index (κ3) is 4.06. The van der Waals surface area contributed by atoms with Crippen LogP contribution in [0.3, 0.4) is 0 Å². The Balaban J connectivity index is 1.14. The molecule has 3 heterocycles. The van der Waals surface area contributed by atoms with Crippen molar-refractivity contribution in [3.05, 3.63) is 188 Å². The number of benzene rings is 8. The smallest absolute Gasteiger partial charge is 0.0641 e. The normalized spacial score (nSPS) is 11.9. The summed E-state index contributed by atoms with van der Waals surface area (Å²) in [6, 6.07) is 68.4. The highest BCUT2D eigenvalue weighted by molar-refractivity contribution is 6.26. The molecule has 0 amide bonds. The molecular weight excluding hydrogens is 619 g/mol. The Bertz CT molecular complexity index is 3080. The number of rotatable bonds is 4. The van der Waals surface area contributed by atoms with Crippen LogP contribution in [0.25, 0.3) is 93.6 Å². The van der Waals surface area contributed by atoms with Crippen LogP contribution in [-0.4, -0.2) is 13.7 Å². The Hall–Kier alpha value is -6.84. The first-order valence-electron chi connectivity index (χ1n) is 17.5. The zero-order valence-corrected chi connectivity index (χ0v) is 27.7. The predicted molar refractivity (Wildman–Crippen MR) is 215 cm³/mol. The molecular formula is C48H31N3. The van der Waals surface area contributed by atoms with E-state index in [4.69, 9.17) is 0 Å². The average Bonchev–Trinajstić information content (AvgIpc) is 3.84. The van der Waals surface area contributed by atoms with Crippen LogP contribution < -0.4 is 0 Å². The van der Waals surface area contributed by atoms with Crippen molar-refractivity contribution >= 4 is 65.4 Å². The van der Waals surface area contributed by atoms with Gasteiger partial charge in [0, 0.05) is 49.4 Å². The minimum Gasteiger partial charge on any atom is -0.309 e. The first-order valence-corrected chi connectivity index (χ1v) is 17.5. The molecule has 3 heteroatoms. The van der Waals surface area contributed by atoms with Crippen molar-refractivity contribution in [2.24, 2.45) is 0 Å². The van der Waals surface area contributed by atoms with E-state index in [0.29, 0.717) is 0 Å². The molecule has 0 radical (unpaired) electrons. The maximum absolute atomic E-state index is 2.44. The lowest BCUT2D eigenvalue weighted by Gasteiger charge is -2.13. The number of fused-ring (bicyclic) bond motifs is 10. The Morgan fingerprint density at radius 1 is 0.255 bits per heavy atom. The fraction of sp³-hybridized carbons (Fsp3) is 0. The van der Waals surface area contributed by atoms with Gasteiger partial charge >= 0.3 is 0 Å². The number of aromatic nitrogens is 3. The van der Waals surface area contributed by atoms with E-state index in [1.54, 1.807) is 0 Å². The lowest BCUT2D eigenvalue weighted by Crippen LogP contribution is -1.96. The summed E-state index contributed by atoms with van der Waals surface area (Å²) in [6.45, 7) is 0. The van der Waals surface area contributed by atoms with Crippen molar-refractivity contribution in [1.29, 1.82) is 0 Å². The van der Waals surface area contributed by atoms with Gasteiger partial charge in [0.05, 0.1) is 33.1 Å². The molecule has 11 rings (SSSR count). The van der Waals surface area contributed by atoms with Crippen LogP contribution in [0.5, 0.6) is 0 Å². The molecule has 0 aliphatic heterocycles. The quantitative estimate of drug-likeness (QED) is 0.180. The van der Waals surface area contributed by atoms with Gasteiger partial charge < -0.3 is 13.7 Å². The van der Waals surface area contributed by atoms with Gasteiger partial charge in [-0.05, 0) is 77.9 Å². The van der Waals surface area contributed by atoms with Crippen LogP contribution in [0.2, 0.25) is 0 Å². The molecule has 3 aromatic heterocycles. The van der Waals surface area contributed by atoms with Gasteiger partial charge in [-0.1, -0.05) is 121 Å². The predicted octanol–water partition coefficient (Wildman–Crippen LogP) is 12.6. The summed E-state index contributed by atoms with van der Waals surface area (Å²) < 4.78 is 7.28. The van der Waals surface area contributed by atoms with Gasteiger partial charge in [-0.2, -0.15) is 0 Å². The number of nitrogens with zero attached hydrogens (tertiary/aromatic N) is 3. The molecule has 0 saturated carbocycles. The molecule has 0 aliphatic carbocycles. The van der Waals surface area contributed by atoms with Gasteiger partial charge in [-0.25, -0.2) is 0 Å². The van der Waals surface area contributed by atoms with Crippen LogP contribution in [0, 0.1) is 0 Å². The van der Waals surface area contributed by atoms with Gasteiger partial charge in [0.25, 0.3) is 0 Å². The van der Waals surface area contributed by atoms with Crippen LogP contribution in [0.1, 0.15) is 0 Å². The highest BCUT2D eigenvalue weighted by atomic mass is 15.0. The number of para-hydroxylation sites is 5. The molecule has 8 aromatic carbocycles. The molecule has 0 fully saturated rings. The Labute approximate surface area is 294 Å². The molecule has 0 aliphatic rings. The summed E-state index contributed by atoms with van der Waals surface area (Å²) in [7, 11) is 0. The molecule has 0 atom stereocenters. The second kappa shape index (κ2) is 10.8. The van der Waals surface area contributed by atoms with E-state index in [1.807, 2.05) is 0 Å². The van der Waals surface area contributed by atoms with Gasteiger partial charge in [0.1, 0.15) is 0 Å². The maximum atomic E-state index is 2.44. The minimum atomic E-state index is 1.14. The second-order valence-electron chi connectivity index (χ2n) is 13.4. The standard InChI is InChI=1S/C48H31N3/c1-2-16-34(17-3-1)51-44-26-10-6-22-39(44)40-28-29-46-47(48(40)51)41-23-7-11-27-45(41)50(46)36-19-13-15-33(31-36)32-14-12-18-35(30-32)49-42-24-8-4-20-37(42)38-21-5-9-25-43(38)49/h1-31H. The summed E-state index contributed by atoms with van der Waals surface area (Å²) >= 11 is 0. The van der Waals surface area contributed by atoms with Crippen LogP contribution >= 0.6 is 0 Å². The monoisotopic (exact) mass is 649 g/mol. The molecule has 0 spiro atoms. The van der Waals surface area contributed by atoms with Gasteiger partial charge in [0.2, 0.25) is 0 Å². The first-order chi connectivity index (χ1) is 25.3.